The van der Waals surface area contributed by atoms with Crippen LogP contribution in [0.2, 0.25) is 0 Å². The molecular weight excluding hydrogens is 416 g/mol. The van der Waals surface area contributed by atoms with E-state index in [1.54, 1.807) is 6.07 Å². The van der Waals surface area contributed by atoms with Crippen molar-refractivity contribution in [1.29, 1.82) is 0 Å². The third-order valence-electron chi connectivity index (χ3n) is 4.25. The van der Waals surface area contributed by atoms with Crippen LogP contribution in [0.3, 0.4) is 0 Å². The minimum Gasteiger partial charge on any atom is -0.490 e. The molecule has 1 amide bonds. The van der Waals surface area contributed by atoms with Gasteiger partial charge >= 0.3 is 0 Å². The minimum atomic E-state index is -3.87. The van der Waals surface area contributed by atoms with Crippen LogP contribution < -0.4 is 14.8 Å². The number of rotatable bonds is 8. The van der Waals surface area contributed by atoms with Gasteiger partial charge in [-0.3, -0.25) is 10.1 Å². The summed E-state index contributed by atoms with van der Waals surface area (Å²) in [6.45, 7) is 2.71. The predicted octanol–water partition coefficient (Wildman–Crippen LogP) is 2.30. The van der Waals surface area contributed by atoms with E-state index in [0.717, 1.165) is 35.0 Å². The zero-order valence-electron chi connectivity index (χ0n) is 16.4. The number of hydrogen-bond donors (Lipinski definition) is 1. The Kier molecular flexibility index (Phi) is 7.04. The van der Waals surface area contributed by atoms with Gasteiger partial charge in [0, 0.05) is 26.0 Å². The Morgan fingerprint density at radius 1 is 1.24 bits per heavy atom. The molecule has 0 saturated carbocycles. The maximum absolute atomic E-state index is 12.8. The van der Waals surface area contributed by atoms with Crippen LogP contribution in [0, 0.1) is 0 Å². The van der Waals surface area contributed by atoms with Crippen LogP contribution in [-0.4, -0.2) is 55.6 Å². The molecule has 158 valence electrons. The molecule has 0 bridgehead atoms. The number of benzene rings is 1. The van der Waals surface area contributed by atoms with Gasteiger partial charge < -0.3 is 9.47 Å². The van der Waals surface area contributed by atoms with Gasteiger partial charge in [0.1, 0.15) is 5.01 Å². The van der Waals surface area contributed by atoms with Crippen LogP contribution in [0.4, 0.5) is 5.13 Å². The second-order valence-corrected chi connectivity index (χ2v) is 9.68. The molecule has 1 aromatic heterocycles. The lowest BCUT2D eigenvalue weighted by molar-refractivity contribution is -0.116. The number of unbranched alkanes of at least 4 members (excludes halogenated alkanes) is 1. The highest BCUT2D eigenvalue weighted by atomic mass is 32.2. The molecule has 2 heterocycles. The average Bonchev–Trinajstić information content (AvgIpc) is 2.99. The van der Waals surface area contributed by atoms with Gasteiger partial charge in [-0.1, -0.05) is 24.7 Å². The van der Waals surface area contributed by atoms with Crippen molar-refractivity contribution >= 4 is 32.4 Å². The smallest absolute Gasteiger partial charge is 0.243 e. The Hall–Kier alpha value is -2.24. The van der Waals surface area contributed by atoms with E-state index < -0.39 is 15.9 Å². The van der Waals surface area contributed by atoms with E-state index in [0.29, 0.717) is 29.8 Å². The third kappa shape index (κ3) is 5.43. The first-order valence-corrected chi connectivity index (χ1v) is 11.6. The molecule has 0 saturated heterocycles. The summed E-state index contributed by atoms with van der Waals surface area (Å²) >= 11 is 1.30. The summed E-state index contributed by atoms with van der Waals surface area (Å²) < 4.78 is 37.7. The first kappa shape index (κ1) is 21.5. The first-order valence-electron chi connectivity index (χ1n) is 9.38. The summed E-state index contributed by atoms with van der Waals surface area (Å²) in [5.41, 5.74) is 0. The molecule has 1 aromatic carbocycles. The summed E-state index contributed by atoms with van der Waals surface area (Å²) in [7, 11) is -2.52. The maximum atomic E-state index is 12.8. The summed E-state index contributed by atoms with van der Waals surface area (Å²) in [5.74, 6) is 0.412. The maximum Gasteiger partial charge on any atom is 0.243 e. The molecule has 1 N–H and O–H groups in total. The van der Waals surface area contributed by atoms with Crippen molar-refractivity contribution < 1.29 is 22.7 Å². The number of fused-ring (bicyclic) bond motifs is 1. The van der Waals surface area contributed by atoms with Crippen molar-refractivity contribution in [2.75, 3.05) is 32.1 Å². The molecule has 29 heavy (non-hydrogen) atoms. The summed E-state index contributed by atoms with van der Waals surface area (Å²) in [4.78, 5) is 12.3. The van der Waals surface area contributed by atoms with Crippen LogP contribution in [-0.2, 0) is 21.2 Å². The van der Waals surface area contributed by atoms with Crippen molar-refractivity contribution in [3.63, 3.8) is 0 Å². The van der Waals surface area contributed by atoms with E-state index in [9.17, 15) is 13.2 Å². The lowest BCUT2D eigenvalue weighted by atomic mass is 10.3. The van der Waals surface area contributed by atoms with Crippen molar-refractivity contribution in [1.82, 2.24) is 14.5 Å². The fourth-order valence-corrected chi connectivity index (χ4v) is 4.60. The minimum absolute atomic E-state index is 0.0369. The van der Waals surface area contributed by atoms with Gasteiger partial charge in [0.15, 0.2) is 11.5 Å². The standard InChI is InChI=1S/C18H24N4O5S2/c1-3-4-6-17-20-21-18(28-17)19-16(23)12-22(2)29(24,25)13-7-8-14-15(11-13)27-10-5-9-26-14/h7-8,11H,3-6,9-10,12H2,1-2H3,(H,19,21,23). The molecule has 1 aliphatic heterocycles. The van der Waals surface area contributed by atoms with Crippen molar-refractivity contribution in [3.8, 4) is 11.5 Å². The molecule has 1 aliphatic rings. The topological polar surface area (TPSA) is 111 Å². The Bertz CT molecular complexity index is 961. The zero-order valence-corrected chi connectivity index (χ0v) is 18.0. The van der Waals surface area contributed by atoms with Gasteiger partial charge in [0.25, 0.3) is 0 Å². The summed E-state index contributed by atoms with van der Waals surface area (Å²) in [5, 5.41) is 11.8. The molecule has 0 spiro atoms. The van der Waals surface area contributed by atoms with Crippen molar-refractivity contribution in [3.05, 3.63) is 23.2 Å². The zero-order chi connectivity index (χ0) is 20.9. The largest absolute Gasteiger partial charge is 0.490 e. The molecule has 0 unspecified atom stereocenters. The Morgan fingerprint density at radius 3 is 2.76 bits per heavy atom. The molecule has 0 atom stereocenters. The van der Waals surface area contributed by atoms with Gasteiger partial charge in [0.05, 0.1) is 24.7 Å². The fourth-order valence-electron chi connectivity index (χ4n) is 2.66. The van der Waals surface area contributed by atoms with E-state index in [2.05, 4.69) is 22.4 Å². The number of carbonyl (C=O) groups is 1. The van der Waals surface area contributed by atoms with Crippen molar-refractivity contribution in [2.24, 2.45) is 0 Å². The number of sulfonamides is 1. The van der Waals surface area contributed by atoms with Crippen LogP contribution in [0.25, 0.3) is 0 Å². The molecule has 3 rings (SSSR count). The highest BCUT2D eigenvalue weighted by Gasteiger charge is 2.25. The molecule has 0 aliphatic carbocycles. The van der Waals surface area contributed by atoms with Gasteiger partial charge in [-0.25, -0.2) is 8.42 Å². The lowest BCUT2D eigenvalue weighted by Crippen LogP contribution is -2.35. The van der Waals surface area contributed by atoms with Crippen molar-refractivity contribution in [2.45, 2.75) is 37.5 Å². The molecule has 11 heteroatoms. The second-order valence-electron chi connectivity index (χ2n) is 6.57. The van der Waals surface area contributed by atoms with E-state index >= 15 is 0 Å². The highest BCUT2D eigenvalue weighted by molar-refractivity contribution is 7.89. The van der Waals surface area contributed by atoms with Crippen LogP contribution in [0.1, 0.15) is 31.2 Å². The molecule has 9 nitrogen and oxygen atoms in total. The number of ether oxygens (including phenoxy) is 2. The average molecular weight is 441 g/mol. The van der Waals surface area contributed by atoms with Gasteiger partial charge in [-0.2, -0.15) is 4.31 Å². The number of aryl methyl sites for hydroxylation is 1. The monoisotopic (exact) mass is 440 g/mol. The number of carbonyl (C=O) groups excluding carboxylic acids is 1. The predicted molar refractivity (Wildman–Crippen MR) is 109 cm³/mol. The van der Waals surface area contributed by atoms with E-state index in [-0.39, 0.29) is 11.4 Å². The van der Waals surface area contributed by atoms with Crippen LogP contribution >= 0.6 is 11.3 Å². The molecular formula is C18H24N4O5S2. The third-order valence-corrected chi connectivity index (χ3v) is 6.95. The van der Waals surface area contributed by atoms with E-state index in [1.165, 1.54) is 30.5 Å². The summed E-state index contributed by atoms with van der Waals surface area (Å²) in [6.07, 6.45) is 3.58. The normalized spacial score (nSPS) is 13.9. The fraction of sp³-hybridized carbons (Fsp3) is 0.500. The number of hydrogen-bond acceptors (Lipinski definition) is 8. The number of amides is 1. The Labute approximate surface area is 174 Å². The van der Waals surface area contributed by atoms with E-state index in [4.69, 9.17) is 9.47 Å². The summed E-state index contributed by atoms with van der Waals surface area (Å²) in [6, 6.07) is 4.44. The second kappa shape index (κ2) is 9.51. The van der Waals surface area contributed by atoms with Gasteiger partial charge in [-0.05, 0) is 18.6 Å². The van der Waals surface area contributed by atoms with Crippen LogP contribution in [0.15, 0.2) is 23.1 Å². The SMILES string of the molecule is CCCCc1nnc(NC(=O)CN(C)S(=O)(=O)c2ccc3c(c2)OCCCO3)s1. The molecule has 2 aromatic rings. The Morgan fingerprint density at radius 2 is 2.00 bits per heavy atom. The quantitative estimate of drug-likeness (QED) is 0.670. The number of anilines is 1. The molecule has 0 radical (unpaired) electrons. The number of nitrogens with zero attached hydrogens (tertiary/aromatic N) is 3. The number of likely N-dealkylation sites (N-methyl/N-ethyl adjacent to an activating group) is 1. The van der Waals surface area contributed by atoms with E-state index in [1.807, 2.05) is 0 Å². The van der Waals surface area contributed by atoms with Crippen LogP contribution in [0.5, 0.6) is 11.5 Å². The number of nitrogens with one attached hydrogen (secondary N) is 1. The first-order chi connectivity index (χ1) is 13.9. The Balaban J connectivity index is 1.64. The van der Waals surface area contributed by atoms with Gasteiger partial charge in [0.2, 0.25) is 21.1 Å². The molecule has 0 fully saturated rings. The highest BCUT2D eigenvalue weighted by Crippen LogP contribution is 2.32. The lowest BCUT2D eigenvalue weighted by Gasteiger charge is -2.17. The van der Waals surface area contributed by atoms with Gasteiger partial charge in [-0.15, -0.1) is 10.2 Å². The number of aromatic nitrogens is 2.